The summed E-state index contributed by atoms with van der Waals surface area (Å²) >= 11 is 1.71. The molecule has 2 bridgehead atoms. The fourth-order valence-electron chi connectivity index (χ4n) is 4.86. The summed E-state index contributed by atoms with van der Waals surface area (Å²) in [5.41, 5.74) is 1.10. The van der Waals surface area contributed by atoms with Crippen LogP contribution in [-0.4, -0.2) is 54.3 Å². The molecule has 4 unspecified atom stereocenters. The van der Waals surface area contributed by atoms with E-state index >= 15 is 0 Å². The number of fused-ring (bicyclic) bond motifs is 5. The number of carbonyl (C=O) groups is 2. The molecule has 2 N–H and O–H groups in total. The van der Waals surface area contributed by atoms with Crippen LogP contribution >= 0.6 is 35.3 Å². The van der Waals surface area contributed by atoms with Crippen LogP contribution in [0.3, 0.4) is 0 Å². The molecule has 1 aromatic heterocycles. The van der Waals surface area contributed by atoms with Crippen molar-refractivity contribution >= 4 is 53.1 Å². The summed E-state index contributed by atoms with van der Waals surface area (Å²) in [5.74, 6) is 1.61. The van der Waals surface area contributed by atoms with E-state index in [9.17, 15) is 9.59 Å². The maximum absolute atomic E-state index is 12.7. The zero-order valence-corrected chi connectivity index (χ0v) is 21.5. The van der Waals surface area contributed by atoms with Gasteiger partial charge in [0, 0.05) is 44.4 Å². The molecule has 2 heterocycles. The SMILES string of the molecule is CN=C(NCCCN1C(=O)C2C3C=CC(C3)C2C1=O)NCCc1csc(C(C)C)n1.I. The highest BCUT2D eigenvalue weighted by Gasteiger charge is 2.58. The number of rotatable bonds is 8. The maximum atomic E-state index is 12.7. The van der Waals surface area contributed by atoms with Gasteiger partial charge in [-0.3, -0.25) is 19.5 Å². The van der Waals surface area contributed by atoms with Crippen molar-refractivity contribution in [1.82, 2.24) is 20.5 Å². The molecule has 1 saturated carbocycles. The summed E-state index contributed by atoms with van der Waals surface area (Å²) in [7, 11) is 1.74. The molecule has 2 aliphatic carbocycles. The Labute approximate surface area is 205 Å². The number of halogens is 1. The minimum Gasteiger partial charge on any atom is -0.356 e. The number of aliphatic imine (C=N–C) groups is 1. The van der Waals surface area contributed by atoms with Gasteiger partial charge in [0.25, 0.3) is 0 Å². The number of thiazole rings is 1. The lowest BCUT2D eigenvalue weighted by Gasteiger charge is -2.18. The second-order valence-electron chi connectivity index (χ2n) is 8.69. The molecule has 1 aliphatic heterocycles. The highest BCUT2D eigenvalue weighted by atomic mass is 127. The summed E-state index contributed by atoms with van der Waals surface area (Å²) in [6, 6.07) is 0. The van der Waals surface area contributed by atoms with Crippen molar-refractivity contribution in [2.45, 2.75) is 39.0 Å². The molecule has 9 heteroatoms. The second-order valence-corrected chi connectivity index (χ2v) is 9.58. The molecular formula is C22H32IN5O2S. The first-order valence-corrected chi connectivity index (χ1v) is 11.8. The Morgan fingerprint density at radius 2 is 1.84 bits per heavy atom. The normalized spacial score (nSPS) is 26.6. The molecule has 0 spiro atoms. The molecule has 31 heavy (non-hydrogen) atoms. The molecule has 4 atom stereocenters. The molecule has 3 aliphatic rings. The minimum absolute atomic E-state index is 0. The Morgan fingerprint density at radius 3 is 2.42 bits per heavy atom. The highest BCUT2D eigenvalue weighted by Crippen LogP contribution is 2.52. The number of likely N-dealkylation sites (tertiary alicyclic amines) is 1. The number of allylic oxidation sites excluding steroid dienone is 2. The standard InChI is InChI=1S/C22H31N5O2S.HI/c1-13(2)19-26-16(12-30-19)7-9-25-22(23-3)24-8-4-10-27-20(28)17-14-5-6-15(11-14)18(17)21(27)29;/h5-6,12-15,17-18H,4,7-11H2,1-3H3,(H2,23,24,25);1H. The number of nitrogens with zero attached hydrogens (tertiary/aromatic N) is 3. The minimum atomic E-state index is -0.100. The van der Waals surface area contributed by atoms with E-state index in [4.69, 9.17) is 0 Å². The van der Waals surface area contributed by atoms with Crippen LogP contribution in [0.15, 0.2) is 22.5 Å². The molecule has 7 nitrogen and oxygen atoms in total. The van der Waals surface area contributed by atoms with Crippen molar-refractivity contribution < 1.29 is 9.59 Å². The third kappa shape index (κ3) is 4.97. The predicted molar refractivity (Wildman–Crippen MR) is 134 cm³/mol. The third-order valence-corrected chi connectivity index (χ3v) is 7.57. The van der Waals surface area contributed by atoms with Gasteiger partial charge in [-0.2, -0.15) is 0 Å². The molecule has 2 amide bonds. The topological polar surface area (TPSA) is 86.7 Å². The fraction of sp³-hybridized carbons (Fsp3) is 0.636. The van der Waals surface area contributed by atoms with Crippen molar-refractivity contribution in [3.05, 3.63) is 28.2 Å². The first-order valence-electron chi connectivity index (χ1n) is 10.9. The van der Waals surface area contributed by atoms with E-state index in [1.165, 1.54) is 9.91 Å². The Balaban J connectivity index is 0.00000272. The van der Waals surface area contributed by atoms with E-state index in [0.29, 0.717) is 25.4 Å². The average molecular weight is 558 g/mol. The summed E-state index contributed by atoms with van der Waals surface area (Å²) in [5, 5.41) is 9.87. The van der Waals surface area contributed by atoms with Crippen molar-refractivity contribution in [3.63, 3.8) is 0 Å². The summed E-state index contributed by atoms with van der Waals surface area (Å²) in [6.07, 6.45) is 6.80. The number of carbonyl (C=O) groups excluding carboxylic acids is 2. The fourth-order valence-corrected chi connectivity index (χ4v) is 5.73. The van der Waals surface area contributed by atoms with Gasteiger partial charge in [-0.1, -0.05) is 26.0 Å². The zero-order valence-electron chi connectivity index (χ0n) is 18.3. The predicted octanol–water partition coefficient (Wildman–Crippen LogP) is 2.79. The quantitative estimate of drug-likeness (QED) is 0.128. The molecule has 2 fully saturated rings. The van der Waals surface area contributed by atoms with Gasteiger partial charge in [-0.15, -0.1) is 35.3 Å². The molecule has 1 aromatic rings. The van der Waals surface area contributed by atoms with E-state index in [-0.39, 0.29) is 59.5 Å². The second kappa shape index (κ2) is 10.4. The molecule has 0 radical (unpaired) electrons. The van der Waals surface area contributed by atoms with Crippen LogP contribution in [0.25, 0.3) is 0 Å². The lowest BCUT2D eigenvalue weighted by molar-refractivity contribution is -0.140. The Kier molecular flexibility index (Phi) is 8.12. The van der Waals surface area contributed by atoms with Gasteiger partial charge in [0.1, 0.15) is 0 Å². The van der Waals surface area contributed by atoms with Crippen LogP contribution < -0.4 is 10.6 Å². The van der Waals surface area contributed by atoms with Gasteiger partial charge in [0.2, 0.25) is 11.8 Å². The van der Waals surface area contributed by atoms with Crippen LogP contribution in [0.1, 0.15) is 43.3 Å². The van der Waals surface area contributed by atoms with E-state index in [1.807, 2.05) is 0 Å². The number of guanidine groups is 1. The van der Waals surface area contributed by atoms with E-state index in [1.54, 1.807) is 18.4 Å². The van der Waals surface area contributed by atoms with Gasteiger partial charge < -0.3 is 10.6 Å². The largest absolute Gasteiger partial charge is 0.356 e. The molecule has 170 valence electrons. The van der Waals surface area contributed by atoms with Crippen LogP contribution in [0.5, 0.6) is 0 Å². The van der Waals surface area contributed by atoms with Gasteiger partial charge in [-0.25, -0.2) is 4.98 Å². The number of imide groups is 1. The molecular weight excluding hydrogens is 525 g/mol. The average Bonchev–Trinajstić information content (AvgIpc) is 3.50. The summed E-state index contributed by atoms with van der Waals surface area (Å²) in [6.45, 7) is 6.20. The number of aromatic nitrogens is 1. The van der Waals surface area contributed by atoms with Crippen LogP contribution in [-0.2, 0) is 16.0 Å². The highest BCUT2D eigenvalue weighted by molar-refractivity contribution is 14.0. The van der Waals surface area contributed by atoms with Crippen LogP contribution in [0, 0.1) is 23.7 Å². The number of amides is 2. The number of hydrogen-bond acceptors (Lipinski definition) is 5. The summed E-state index contributed by atoms with van der Waals surface area (Å²) in [4.78, 5) is 35.8. The van der Waals surface area contributed by atoms with Crippen molar-refractivity contribution in [2.75, 3.05) is 26.7 Å². The van der Waals surface area contributed by atoms with Crippen molar-refractivity contribution in [2.24, 2.45) is 28.7 Å². The van der Waals surface area contributed by atoms with E-state index in [2.05, 4.69) is 52.0 Å². The van der Waals surface area contributed by atoms with Gasteiger partial charge in [0.15, 0.2) is 5.96 Å². The van der Waals surface area contributed by atoms with Crippen molar-refractivity contribution in [1.29, 1.82) is 0 Å². The Morgan fingerprint density at radius 1 is 1.19 bits per heavy atom. The number of hydrogen-bond donors (Lipinski definition) is 2. The third-order valence-electron chi connectivity index (χ3n) is 6.37. The van der Waals surface area contributed by atoms with Gasteiger partial charge in [0.05, 0.1) is 22.5 Å². The Bertz CT molecular complexity index is 838. The van der Waals surface area contributed by atoms with E-state index in [0.717, 1.165) is 31.0 Å². The first-order chi connectivity index (χ1) is 14.5. The molecule has 4 rings (SSSR count). The monoisotopic (exact) mass is 557 g/mol. The summed E-state index contributed by atoms with van der Waals surface area (Å²) < 4.78 is 0. The molecule has 0 aromatic carbocycles. The number of nitrogens with one attached hydrogen (secondary N) is 2. The molecule has 1 saturated heterocycles. The van der Waals surface area contributed by atoms with Gasteiger partial charge >= 0.3 is 0 Å². The van der Waals surface area contributed by atoms with Crippen molar-refractivity contribution in [3.8, 4) is 0 Å². The lowest BCUT2D eigenvalue weighted by Crippen LogP contribution is -2.40. The van der Waals surface area contributed by atoms with Gasteiger partial charge in [-0.05, 0) is 24.7 Å². The zero-order chi connectivity index (χ0) is 21.3. The van der Waals surface area contributed by atoms with Crippen LogP contribution in [0.4, 0.5) is 0 Å². The van der Waals surface area contributed by atoms with E-state index < -0.39 is 0 Å². The smallest absolute Gasteiger partial charge is 0.233 e. The maximum Gasteiger partial charge on any atom is 0.233 e. The Hall–Kier alpha value is -1.49. The lowest BCUT2D eigenvalue weighted by atomic mass is 9.85. The van der Waals surface area contributed by atoms with Crippen LogP contribution in [0.2, 0.25) is 0 Å². The first kappa shape index (κ1) is 24.2.